The van der Waals surface area contributed by atoms with Crippen molar-refractivity contribution < 1.29 is 8.78 Å². The number of hydrogen-bond donors (Lipinski definition) is 1. The summed E-state index contributed by atoms with van der Waals surface area (Å²) >= 11 is 0. The van der Waals surface area contributed by atoms with Crippen molar-refractivity contribution in [2.24, 2.45) is 17.3 Å². The molecule has 0 aliphatic heterocycles. The van der Waals surface area contributed by atoms with Gasteiger partial charge in [0.1, 0.15) is 11.6 Å². The van der Waals surface area contributed by atoms with Crippen molar-refractivity contribution in [3.05, 3.63) is 35.4 Å². The largest absolute Gasteiger partial charge is 0.316 e. The lowest BCUT2D eigenvalue weighted by molar-refractivity contribution is 0.227. The number of rotatable bonds is 6. The fourth-order valence-corrected chi connectivity index (χ4v) is 2.18. The molecule has 0 heterocycles. The smallest absolute Gasteiger partial charge is 0.129 e. The number of halogens is 2. The van der Waals surface area contributed by atoms with E-state index in [1.165, 1.54) is 6.07 Å². The van der Waals surface area contributed by atoms with E-state index in [2.05, 4.69) is 39.9 Å². The molecule has 1 aromatic rings. The predicted molar refractivity (Wildman–Crippen MR) is 80.7 cm³/mol. The Morgan fingerprint density at radius 2 is 1.75 bits per heavy atom. The molecule has 1 unspecified atom stereocenters. The minimum Gasteiger partial charge on any atom is -0.316 e. The minimum absolute atomic E-state index is 0.0742. The van der Waals surface area contributed by atoms with Crippen LogP contribution in [0.3, 0.4) is 0 Å². The van der Waals surface area contributed by atoms with Gasteiger partial charge in [0, 0.05) is 6.07 Å². The van der Waals surface area contributed by atoms with Gasteiger partial charge in [-0.3, -0.25) is 0 Å². The van der Waals surface area contributed by atoms with Crippen molar-refractivity contribution >= 4 is 0 Å². The van der Waals surface area contributed by atoms with Gasteiger partial charge in [-0.25, -0.2) is 8.78 Å². The van der Waals surface area contributed by atoms with Gasteiger partial charge in [-0.05, 0) is 48.4 Å². The molecule has 1 N–H and O–H groups in total. The second-order valence-corrected chi connectivity index (χ2v) is 7.05. The van der Waals surface area contributed by atoms with E-state index in [4.69, 9.17) is 0 Å². The van der Waals surface area contributed by atoms with Gasteiger partial charge in [-0.1, -0.05) is 40.7 Å². The molecule has 0 saturated carbocycles. The van der Waals surface area contributed by atoms with Gasteiger partial charge < -0.3 is 5.32 Å². The van der Waals surface area contributed by atoms with E-state index in [-0.39, 0.29) is 5.41 Å². The predicted octanol–water partition coefficient (Wildman–Crippen LogP) is 4.42. The van der Waals surface area contributed by atoms with Crippen LogP contribution in [0.1, 0.15) is 40.2 Å². The topological polar surface area (TPSA) is 12.0 Å². The molecule has 3 heteroatoms. The maximum Gasteiger partial charge on any atom is 0.129 e. The van der Waals surface area contributed by atoms with Crippen LogP contribution in [0.5, 0.6) is 0 Å². The minimum atomic E-state index is -0.517. The molecule has 0 aromatic heterocycles. The quantitative estimate of drug-likeness (QED) is 0.815. The van der Waals surface area contributed by atoms with Crippen molar-refractivity contribution in [1.29, 1.82) is 0 Å². The number of nitrogens with one attached hydrogen (secondary N) is 1. The Hall–Kier alpha value is -0.960. The molecule has 114 valence electrons. The summed E-state index contributed by atoms with van der Waals surface area (Å²) < 4.78 is 26.7. The van der Waals surface area contributed by atoms with Crippen LogP contribution in [-0.2, 0) is 6.42 Å². The third kappa shape index (κ3) is 5.58. The summed E-state index contributed by atoms with van der Waals surface area (Å²) in [4.78, 5) is 0. The number of benzene rings is 1. The summed E-state index contributed by atoms with van der Waals surface area (Å²) in [6.07, 6.45) is 0.626. The molecule has 1 aromatic carbocycles. The summed E-state index contributed by atoms with van der Waals surface area (Å²) in [6, 6.07) is 3.86. The van der Waals surface area contributed by atoms with Crippen LogP contribution in [0.2, 0.25) is 0 Å². The maximum absolute atomic E-state index is 13.8. The normalized spacial score (nSPS) is 13.8. The zero-order valence-corrected chi connectivity index (χ0v) is 13.3. The van der Waals surface area contributed by atoms with Crippen molar-refractivity contribution in [2.45, 2.75) is 41.0 Å². The third-order valence-corrected chi connectivity index (χ3v) is 3.65. The van der Waals surface area contributed by atoms with Crippen LogP contribution >= 0.6 is 0 Å². The zero-order chi connectivity index (χ0) is 15.3. The molecule has 1 atom stereocenters. The van der Waals surface area contributed by atoms with E-state index in [0.29, 0.717) is 23.8 Å². The van der Waals surface area contributed by atoms with Crippen molar-refractivity contribution in [3.63, 3.8) is 0 Å². The first-order valence-corrected chi connectivity index (χ1v) is 7.34. The van der Waals surface area contributed by atoms with Gasteiger partial charge in [0.05, 0.1) is 0 Å². The van der Waals surface area contributed by atoms with Gasteiger partial charge in [0.2, 0.25) is 0 Å². The fourth-order valence-electron chi connectivity index (χ4n) is 2.18. The lowest BCUT2D eigenvalue weighted by Crippen LogP contribution is -2.35. The molecule has 0 radical (unpaired) electrons. The SMILES string of the molecule is CC(C)CNCC(Cc1ccc(F)cc1F)C(C)(C)C. The number of hydrogen-bond acceptors (Lipinski definition) is 1. The molecule has 0 spiro atoms. The summed E-state index contributed by atoms with van der Waals surface area (Å²) in [5.41, 5.74) is 0.669. The van der Waals surface area contributed by atoms with E-state index < -0.39 is 11.6 Å². The van der Waals surface area contributed by atoms with Crippen LogP contribution in [-0.4, -0.2) is 13.1 Å². The van der Waals surface area contributed by atoms with Crippen molar-refractivity contribution in [2.75, 3.05) is 13.1 Å². The van der Waals surface area contributed by atoms with Crippen LogP contribution in [0.4, 0.5) is 8.78 Å². The van der Waals surface area contributed by atoms with E-state index in [0.717, 1.165) is 19.2 Å². The third-order valence-electron chi connectivity index (χ3n) is 3.65. The highest BCUT2D eigenvalue weighted by Gasteiger charge is 2.25. The molecule has 0 amide bonds. The van der Waals surface area contributed by atoms with E-state index >= 15 is 0 Å². The Kier molecular flexibility index (Phi) is 6.12. The van der Waals surface area contributed by atoms with Crippen molar-refractivity contribution in [3.8, 4) is 0 Å². The maximum atomic E-state index is 13.8. The average molecular weight is 283 g/mol. The lowest BCUT2D eigenvalue weighted by Gasteiger charge is -2.31. The molecule has 0 bridgehead atoms. The van der Waals surface area contributed by atoms with Gasteiger partial charge >= 0.3 is 0 Å². The summed E-state index contributed by atoms with van der Waals surface area (Å²) in [5.74, 6) is -0.0565. The van der Waals surface area contributed by atoms with Gasteiger partial charge in [-0.15, -0.1) is 0 Å². The monoisotopic (exact) mass is 283 g/mol. The molecule has 0 aliphatic rings. The molecule has 1 rings (SSSR count). The molecule has 0 fully saturated rings. The summed E-state index contributed by atoms with van der Waals surface area (Å²) in [6.45, 7) is 12.6. The van der Waals surface area contributed by atoms with Gasteiger partial charge in [-0.2, -0.15) is 0 Å². The van der Waals surface area contributed by atoms with Crippen LogP contribution < -0.4 is 5.32 Å². The molecular formula is C17H27F2N. The second kappa shape index (κ2) is 7.16. The van der Waals surface area contributed by atoms with Crippen molar-refractivity contribution in [1.82, 2.24) is 5.32 Å². The molecule has 1 nitrogen and oxygen atoms in total. The zero-order valence-electron chi connectivity index (χ0n) is 13.3. The van der Waals surface area contributed by atoms with E-state index in [1.54, 1.807) is 6.07 Å². The van der Waals surface area contributed by atoms with Gasteiger partial charge in [0.15, 0.2) is 0 Å². The van der Waals surface area contributed by atoms with E-state index in [1.807, 2.05) is 0 Å². The highest BCUT2D eigenvalue weighted by atomic mass is 19.1. The Bertz CT molecular complexity index is 421. The molecular weight excluding hydrogens is 256 g/mol. The second-order valence-electron chi connectivity index (χ2n) is 7.05. The first-order valence-electron chi connectivity index (χ1n) is 7.34. The first kappa shape index (κ1) is 17.1. The Morgan fingerprint density at radius 1 is 1.10 bits per heavy atom. The van der Waals surface area contributed by atoms with Crippen LogP contribution in [0.25, 0.3) is 0 Å². The Labute approximate surface area is 121 Å². The van der Waals surface area contributed by atoms with Crippen LogP contribution in [0.15, 0.2) is 18.2 Å². The highest BCUT2D eigenvalue weighted by molar-refractivity contribution is 5.19. The molecule has 0 aliphatic carbocycles. The van der Waals surface area contributed by atoms with E-state index in [9.17, 15) is 8.78 Å². The fraction of sp³-hybridized carbons (Fsp3) is 0.647. The summed E-state index contributed by atoms with van der Waals surface area (Å²) in [7, 11) is 0. The van der Waals surface area contributed by atoms with Crippen LogP contribution in [0, 0.1) is 28.9 Å². The molecule has 0 saturated heterocycles. The Balaban J connectivity index is 2.74. The Morgan fingerprint density at radius 3 is 2.25 bits per heavy atom. The summed E-state index contributed by atoms with van der Waals surface area (Å²) in [5, 5.41) is 3.45. The first-order chi connectivity index (χ1) is 9.20. The van der Waals surface area contributed by atoms with Gasteiger partial charge in [0.25, 0.3) is 0 Å². The average Bonchev–Trinajstić information content (AvgIpc) is 2.28. The molecule has 20 heavy (non-hydrogen) atoms. The highest BCUT2D eigenvalue weighted by Crippen LogP contribution is 2.29. The standard InChI is InChI=1S/C17H27F2N/c1-12(2)10-20-11-14(17(3,4)5)8-13-6-7-15(18)9-16(13)19/h6-7,9,12,14,20H,8,10-11H2,1-5H3. The lowest BCUT2D eigenvalue weighted by atomic mass is 9.77.